The highest BCUT2D eigenvalue weighted by Gasteiger charge is 2.34. The molecule has 10 heteroatoms. The molecule has 0 unspecified atom stereocenters. The second kappa shape index (κ2) is 13.6. The summed E-state index contributed by atoms with van der Waals surface area (Å²) in [4.78, 5) is 40.0. The molecule has 0 saturated carbocycles. The van der Waals surface area contributed by atoms with Gasteiger partial charge in [0, 0.05) is 25.6 Å². The van der Waals surface area contributed by atoms with Gasteiger partial charge in [-0.15, -0.1) is 24.8 Å². The summed E-state index contributed by atoms with van der Waals surface area (Å²) in [6, 6.07) is 3.64. The molecule has 1 aliphatic heterocycles. The van der Waals surface area contributed by atoms with Crippen molar-refractivity contribution < 1.29 is 23.9 Å². The van der Waals surface area contributed by atoms with Crippen molar-refractivity contribution in [2.24, 2.45) is 0 Å². The maximum atomic E-state index is 13.2. The molecule has 1 heterocycles. The van der Waals surface area contributed by atoms with Crippen molar-refractivity contribution in [1.29, 1.82) is 0 Å². The van der Waals surface area contributed by atoms with Gasteiger partial charge >= 0.3 is 0 Å². The highest BCUT2D eigenvalue weighted by atomic mass is 35.5. The predicted octanol–water partition coefficient (Wildman–Crippen LogP) is 0.962. The van der Waals surface area contributed by atoms with Gasteiger partial charge in [0.05, 0.1) is 20.3 Å². The van der Waals surface area contributed by atoms with Crippen LogP contribution in [0.5, 0.6) is 11.5 Å². The van der Waals surface area contributed by atoms with Crippen molar-refractivity contribution in [3.05, 3.63) is 23.8 Å². The van der Waals surface area contributed by atoms with Gasteiger partial charge in [0.1, 0.15) is 23.1 Å². The molecule has 0 aromatic heterocycles. The maximum absolute atomic E-state index is 13.2. The Kier molecular flexibility index (Phi) is 11.5. The van der Waals surface area contributed by atoms with Crippen LogP contribution < -0.4 is 25.4 Å². The number of hydrogen-bond acceptors (Lipinski definition) is 6. The van der Waals surface area contributed by atoms with E-state index in [1.54, 1.807) is 37.1 Å². The number of nitrogens with one attached hydrogen (secondary N) is 3. The monoisotopic (exact) mass is 480 g/mol. The van der Waals surface area contributed by atoms with Crippen LogP contribution in [-0.2, 0) is 9.59 Å². The zero-order chi connectivity index (χ0) is 23.7. The lowest BCUT2D eigenvalue weighted by molar-refractivity contribution is -0.137. The number of hydrogen-bond donors (Lipinski definition) is 3. The standard InChI is InChI=1S/C23H32N4O5.ClH/c1-6-9-17(26-21(28)15(2)24-3)23(30)27-13-8-10-16(27)14-25-22(29)20-18(31-4)11-7-12-19(20)32-5;/h1,7,11-12,15-17,24H,8-10,13-14H2,2-5H3,(H,25,29)(H,26,28);1H/t15-,16-,17-;/m0./s1. The maximum Gasteiger partial charge on any atom is 0.258 e. The minimum Gasteiger partial charge on any atom is -0.496 e. The highest BCUT2D eigenvalue weighted by Crippen LogP contribution is 2.28. The Morgan fingerprint density at radius 3 is 2.42 bits per heavy atom. The van der Waals surface area contributed by atoms with Gasteiger partial charge in [-0.3, -0.25) is 14.4 Å². The average molecular weight is 481 g/mol. The number of nitrogens with zero attached hydrogens (tertiary/aromatic N) is 1. The van der Waals surface area contributed by atoms with Crippen LogP contribution in [0.25, 0.3) is 0 Å². The molecule has 0 bridgehead atoms. The number of rotatable bonds is 10. The molecule has 182 valence electrons. The Hall–Kier alpha value is -2.96. The van der Waals surface area contributed by atoms with E-state index in [0.29, 0.717) is 23.6 Å². The first-order chi connectivity index (χ1) is 15.4. The predicted molar refractivity (Wildman–Crippen MR) is 128 cm³/mol. The van der Waals surface area contributed by atoms with Crippen LogP contribution in [0, 0.1) is 12.3 Å². The third-order valence-electron chi connectivity index (χ3n) is 5.58. The normalized spacial score (nSPS) is 16.6. The summed E-state index contributed by atoms with van der Waals surface area (Å²) in [7, 11) is 4.63. The summed E-state index contributed by atoms with van der Waals surface area (Å²) >= 11 is 0. The van der Waals surface area contributed by atoms with E-state index in [2.05, 4.69) is 21.9 Å². The van der Waals surface area contributed by atoms with E-state index < -0.39 is 12.1 Å². The van der Waals surface area contributed by atoms with Crippen LogP contribution in [0.2, 0.25) is 0 Å². The molecule has 9 nitrogen and oxygen atoms in total. The molecular weight excluding hydrogens is 448 g/mol. The van der Waals surface area contributed by atoms with Crippen LogP contribution in [0.15, 0.2) is 18.2 Å². The van der Waals surface area contributed by atoms with Gasteiger partial charge in [-0.1, -0.05) is 6.07 Å². The van der Waals surface area contributed by atoms with Crippen LogP contribution in [0.1, 0.15) is 36.5 Å². The number of likely N-dealkylation sites (N-methyl/N-ethyl adjacent to an activating group) is 1. The number of carbonyl (C=O) groups is 3. The van der Waals surface area contributed by atoms with E-state index in [9.17, 15) is 14.4 Å². The first-order valence-corrected chi connectivity index (χ1v) is 10.6. The molecule has 3 amide bonds. The van der Waals surface area contributed by atoms with Gasteiger partial charge < -0.3 is 30.3 Å². The SMILES string of the molecule is C#CC[C@H](NC(=O)[C@H](C)NC)C(=O)N1CCC[C@H]1CNC(=O)c1c(OC)cccc1OC.Cl. The van der Waals surface area contributed by atoms with E-state index in [0.717, 1.165) is 12.8 Å². The smallest absolute Gasteiger partial charge is 0.258 e. The minimum absolute atomic E-state index is 0. The number of amides is 3. The molecule has 1 aromatic carbocycles. The Balaban J connectivity index is 0.00000544. The number of methoxy groups -OCH3 is 2. The molecule has 1 aliphatic rings. The largest absolute Gasteiger partial charge is 0.496 e. The third kappa shape index (κ3) is 7.01. The van der Waals surface area contributed by atoms with Gasteiger partial charge in [-0.05, 0) is 38.9 Å². The second-order valence-electron chi connectivity index (χ2n) is 7.56. The molecule has 3 atom stereocenters. The zero-order valence-corrected chi connectivity index (χ0v) is 20.3. The Labute approximate surface area is 201 Å². The molecule has 0 spiro atoms. The minimum atomic E-state index is -0.811. The van der Waals surface area contributed by atoms with Gasteiger partial charge in [0.15, 0.2) is 0 Å². The highest BCUT2D eigenvalue weighted by molar-refractivity contribution is 5.99. The summed E-state index contributed by atoms with van der Waals surface area (Å²) in [6.45, 7) is 2.50. The summed E-state index contributed by atoms with van der Waals surface area (Å²) in [5.74, 6) is 2.37. The first-order valence-electron chi connectivity index (χ1n) is 10.6. The molecule has 2 rings (SSSR count). The summed E-state index contributed by atoms with van der Waals surface area (Å²) in [6.07, 6.45) is 7.06. The molecule has 1 aromatic rings. The van der Waals surface area contributed by atoms with Crippen LogP contribution in [0.3, 0.4) is 0 Å². The summed E-state index contributed by atoms with van der Waals surface area (Å²) < 4.78 is 10.6. The van der Waals surface area contributed by atoms with Crippen LogP contribution in [0.4, 0.5) is 0 Å². The topological polar surface area (TPSA) is 109 Å². The van der Waals surface area contributed by atoms with E-state index >= 15 is 0 Å². The Morgan fingerprint density at radius 2 is 1.88 bits per heavy atom. The van der Waals surface area contributed by atoms with Gasteiger partial charge in [-0.2, -0.15) is 0 Å². The number of carbonyl (C=O) groups excluding carboxylic acids is 3. The summed E-state index contributed by atoms with van der Waals surface area (Å²) in [5.41, 5.74) is 0.298. The second-order valence-corrected chi connectivity index (χ2v) is 7.56. The quantitative estimate of drug-likeness (QED) is 0.430. The Morgan fingerprint density at radius 1 is 1.24 bits per heavy atom. The van der Waals surface area contributed by atoms with Crippen molar-refractivity contribution >= 4 is 30.1 Å². The van der Waals surface area contributed by atoms with Gasteiger partial charge in [-0.25, -0.2) is 0 Å². The number of ether oxygens (including phenoxy) is 2. The van der Waals surface area contributed by atoms with E-state index in [-0.39, 0.29) is 49.1 Å². The molecule has 3 N–H and O–H groups in total. The lowest BCUT2D eigenvalue weighted by Crippen LogP contribution is -2.54. The lowest BCUT2D eigenvalue weighted by atomic mass is 10.1. The van der Waals surface area contributed by atoms with Crippen molar-refractivity contribution in [3.63, 3.8) is 0 Å². The van der Waals surface area contributed by atoms with Gasteiger partial charge in [0.2, 0.25) is 11.8 Å². The van der Waals surface area contributed by atoms with Crippen molar-refractivity contribution in [1.82, 2.24) is 20.9 Å². The van der Waals surface area contributed by atoms with Crippen molar-refractivity contribution in [2.75, 3.05) is 34.4 Å². The van der Waals surface area contributed by atoms with Crippen molar-refractivity contribution in [2.45, 2.75) is 44.3 Å². The van der Waals surface area contributed by atoms with Crippen molar-refractivity contribution in [3.8, 4) is 23.8 Å². The third-order valence-corrected chi connectivity index (χ3v) is 5.58. The number of halogens is 1. The van der Waals surface area contributed by atoms with Gasteiger partial charge in [0.25, 0.3) is 5.91 Å². The number of likely N-dealkylation sites (tertiary alicyclic amines) is 1. The molecule has 0 aliphatic carbocycles. The van der Waals surface area contributed by atoms with E-state index in [1.165, 1.54) is 14.2 Å². The lowest BCUT2D eigenvalue weighted by Gasteiger charge is -2.29. The molecule has 33 heavy (non-hydrogen) atoms. The fourth-order valence-corrected chi connectivity index (χ4v) is 3.66. The zero-order valence-electron chi connectivity index (χ0n) is 19.5. The molecule has 1 saturated heterocycles. The first kappa shape index (κ1) is 28.1. The Bertz CT molecular complexity index is 851. The fraction of sp³-hybridized carbons (Fsp3) is 0.522. The van der Waals surface area contributed by atoms with Crippen LogP contribution in [-0.4, -0.2) is 75.1 Å². The molecule has 0 radical (unpaired) electrons. The van der Waals surface area contributed by atoms with E-state index in [1.807, 2.05) is 0 Å². The summed E-state index contributed by atoms with van der Waals surface area (Å²) in [5, 5.41) is 8.45. The van der Waals surface area contributed by atoms with Crippen LogP contribution >= 0.6 is 12.4 Å². The molecular formula is C23H33ClN4O5. The fourth-order valence-electron chi connectivity index (χ4n) is 3.66. The van der Waals surface area contributed by atoms with E-state index in [4.69, 9.17) is 15.9 Å². The number of benzene rings is 1. The molecule has 1 fully saturated rings. The number of terminal acetylenes is 1. The average Bonchev–Trinajstić information content (AvgIpc) is 3.28.